The van der Waals surface area contributed by atoms with Crippen LogP contribution in [0.2, 0.25) is 0 Å². The number of carbonyl (C=O) groups is 8. The highest BCUT2D eigenvalue weighted by Gasteiger charge is 2.32. The zero-order valence-electron chi connectivity index (χ0n) is 56.5. The van der Waals surface area contributed by atoms with Crippen molar-refractivity contribution in [2.45, 2.75) is 62.2 Å². The molecule has 8 rings (SSSR count). The van der Waals surface area contributed by atoms with E-state index in [0.717, 1.165) is 36.1 Å². The van der Waals surface area contributed by atoms with Gasteiger partial charge in [0.25, 0.3) is 43.9 Å². The van der Waals surface area contributed by atoms with Crippen molar-refractivity contribution in [2.24, 2.45) is 37.7 Å². The van der Waals surface area contributed by atoms with Gasteiger partial charge in [0.15, 0.2) is 26.7 Å². The first-order valence-corrected chi connectivity index (χ1v) is 36.3. The molecular weight excluding hydrogens is 1450 g/mol. The molecule has 0 saturated heterocycles. The third-order valence-corrected chi connectivity index (χ3v) is 19.7. The number of Topliss-reactive ketones (excluding diaryl/α,β-unsaturated/α-hetero) is 2. The van der Waals surface area contributed by atoms with Crippen LogP contribution in [0, 0.1) is 0 Å². The van der Waals surface area contributed by atoms with Crippen molar-refractivity contribution in [3.05, 3.63) is 146 Å². The van der Waals surface area contributed by atoms with Gasteiger partial charge in [0.05, 0.1) is 69.0 Å². The minimum absolute atomic E-state index is 0.00214. The standard InChI is InChI=1S/C66H67N17O16S5/c1-9-82(10-2)50-28-46(48(30-52(50)98-7)78-80-62-45(58(68)88)26-41(101-62)25-43(34(5)85)60(90)72-40-20-15-18-38(24-40)70-33-84)73-64-75-65(77-66(76-64)100-32-36-16-13-21-42(22-36)103(92,93)94)74-47-29-51(83(11-3)12-4)53(99-8)31-49(47)79-81-63-55(59(69)89)56(104(95,96)97)54(102-63)27-44(35(6)86)61(91)71-39-19-14-17-37(23-39)57(67)87/h13-31,33H,9-12,32H2,1-8H3,(H2,67,87)(H2,68,88)(H2,69,89)(H,70,84)(H,71,91)(H,72,90)(H,92,93,94)(H,95,96,97)(H2,73,74,75,76,77). The summed E-state index contributed by atoms with van der Waals surface area (Å²) in [4.78, 5) is 119. The molecule has 0 aliphatic carbocycles. The van der Waals surface area contributed by atoms with E-state index in [1.54, 1.807) is 42.5 Å². The first kappa shape index (κ1) is 78.0. The third-order valence-electron chi connectivity index (χ3n) is 14.9. The molecule has 8 aromatic rings. The number of ketones is 2. The lowest BCUT2D eigenvalue weighted by molar-refractivity contribution is -0.120. The second-order valence-corrected chi connectivity index (χ2v) is 27.5. The molecule has 542 valence electrons. The van der Waals surface area contributed by atoms with Crippen molar-refractivity contribution in [1.29, 1.82) is 0 Å². The number of nitrogens with zero attached hydrogens (tertiary/aromatic N) is 9. The molecule has 33 nitrogen and oxygen atoms in total. The van der Waals surface area contributed by atoms with Gasteiger partial charge in [-0.25, -0.2) is 0 Å². The minimum Gasteiger partial charge on any atom is -0.494 e. The predicted octanol–water partition coefficient (Wildman–Crippen LogP) is 10.9. The maximum atomic E-state index is 13.7. The number of benzene rings is 5. The molecule has 0 radical (unpaired) electrons. The van der Waals surface area contributed by atoms with Crippen LogP contribution in [0.1, 0.15) is 87.9 Å². The van der Waals surface area contributed by atoms with Crippen LogP contribution in [0.3, 0.4) is 0 Å². The number of primary amides is 3. The number of anilines is 9. The number of thioether (sulfide) groups is 1. The average Bonchev–Trinajstić information content (AvgIpc) is 1.47. The van der Waals surface area contributed by atoms with Crippen molar-refractivity contribution in [3.8, 4) is 11.5 Å². The zero-order valence-corrected chi connectivity index (χ0v) is 60.6. The Morgan fingerprint density at radius 1 is 0.596 bits per heavy atom. The molecule has 13 N–H and O–H groups in total. The number of azo groups is 2. The maximum Gasteiger partial charge on any atom is 0.296 e. The quantitative estimate of drug-likeness (QED) is 0.00341. The molecule has 0 spiro atoms. The highest BCUT2D eigenvalue weighted by Crippen LogP contribution is 2.46. The normalized spacial score (nSPS) is 11.8. The summed E-state index contributed by atoms with van der Waals surface area (Å²) >= 11 is 2.26. The highest BCUT2D eigenvalue weighted by molar-refractivity contribution is 7.98. The van der Waals surface area contributed by atoms with Gasteiger partial charge in [0.2, 0.25) is 24.2 Å². The number of hydrogen-bond donors (Lipinski definition) is 10. The fraction of sp³-hybridized carbons (Fsp3) is 0.197. The van der Waals surface area contributed by atoms with Gasteiger partial charge < -0.3 is 63.1 Å². The number of nitrogens with one attached hydrogen (secondary N) is 5. The van der Waals surface area contributed by atoms with E-state index in [-0.39, 0.29) is 94.2 Å². The zero-order chi connectivity index (χ0) is 75.9. The Kier molecular flexibility index (Phi) is 25.8. The largest absolute Gasteiger partial charge is 0.494 e. The molecule has 0 aliphatic heterocycles. The Morgan fingerprint density at radius 3 is 1.61 bits per heavy atom. The smallest absolute Gasteiger partial charge is 0.296 e. The van der Waals surface area contributed by atoms with E-state index in [1.165, 1.54) is 87.9 Å². The lowest BCUT2D eigenvalue weighted by Crippen LogP contribution is -2.22. The lowest BCUT2D eigenvalue weighted by atomic mass is 10.1. The molecule has 0 fully saturated rings. The summed E-state index contributed by atoms with van der Waals surface area (Å²) in [5.74, 6) is -6.52. The monoisotopic (exact) mass is 1510 g/mol. The minimum atomic E-state index is -5.44. The van der Waals surface area contributed by atoms with Crippen LogP contribution < -0.4 is 63.1 Å². The van der Waals surface area contributed by atoms with Gasteiger partial charge in [-0.05, 0) is 126 Å². The molecule has 0 bridgehead atoms. The third kappa shape index (κ3) is 19.5. The first-order chi connectivity index (χ1) is 49.4. The van der Waals surface area contributed by atoms with Crippen molar-refractivity contribution < 1.29 is 73.8 Å². The van der Waals surface area contributed by atoms with Crippen molar-refractivity contribution >= 4 is 187 Å². The number of amides is 6. The Labute approximate surface area is 607 Å². The highest BCUT2D eigenvalue weighted by atomic mass is 32.2. The van der Waals surface area contributed by atoms with Gasteiger partial charge in [-0.3, -0.25) is 47.5 Å². The van der Waals surface area contributed by atoms with Gasteiger partial charge in [0.1, 0.15) is 27.8 Å². The van der Waals surface area contributed by atoms with Gasteiger partial charge >= 0.3 is 0 Å². The van der Waals surface area contributed by atoms with Crippen LogP contribution in [0.5, 0.6) is 11.5 Å². The van der Waals surface area contributed by atoms with Crippen LogP contribution in [0.4, 0.5) is 73.1 Å². The number of methoxy groups -OCH3 is 2. The summed E-state index contributed by atoms with van der Waals surface area (Å²) in [6, 6.07) is 24.6. The molecule has 104 heavy (non-hydrogen) atoms. The molecule has 0 aliphatic rings. The van der Waals surface area contributed by atoms with Crippen LogP contribution in [-0.2, 0) is 50.0 Å². The molecule has 5 aromatic carbocycles. The van der Waals surface area contributed by atoms with E-state index >= 15 is 0 Å². The molecule has 3 aromatic heterocycles. The maximum absolute atomic E-state index is 13.7. The molecule has 0 saturated carbocycles. The summed E-state index contributed by atoms with van der Waals surface area (Å²) in [5, 5.41) is 31.1. The number of hydrogen-bond acceptors (Lipinski definition) is 28. The number of thiophene rings is 2. The number of rotatable bonds is 34. The number of aromatic nitrogens is 3. The summed E-state index contributed by atoms with van der Waals surface area (Å²) in [6.07, 6.45) is 2.51. The fourth-order valence-corrected chi connectivity index (χ4v) is 14.5. The van der Waals surface area contributed by atoms with E-state index < -0.39 is 87.2 Å². The Morgan fingerprint density at radius 2 is 1.12 bits per heavy atom. The fourth-order valence-electron chi connectivity index (χ4n) is 9.96. The van der Waals surface area contributed by atoms with Crippen LogP contribution in [0.15, 0.2) is 150 Å². The van der Waals surface area contributed by atoms with Crippen molar-refractivity contribution in [2.75, 3.05) is 76.8 Å². The molecule has 3 heterocycles. The van der Waals surface area contributed by atoms with Gasteiger partial charge in [-0.2, -0.15) is 31.8 Å². The second-order valence-electron chi connectivity index (χ2n) is 21.7. The van der Waals surface area contributed by atoms with Crippen LogP contribution in [-0.4, -0.2) is 129 Å². The van der Waals surface area contributed by atoms with Gasteiger partial charge in [-0.15, -0.1) is 43.1 Å². The number of carbonyl (C=O) groups excluding carboxylic acids is 8. The van der Waals surface area contributed by atoms with Crippen LogP contribution >= 0.6 is 34.4 Å². The first-order valence-electron chi connectivity index (χ1n) is 30.8. The molecular formula is C66H67N17O16S5. The van der Waals surface area contributed by atoms with E-state index in [4.69, 9.17) is 41.6 Å². The molecule has 0 atom stereocenters. The van der Waals surface area contributed by atoms with E-state index in [0.29, 0.717) is 72.3 Å². The predicted molar refractivity (Wildman–Crippen MR) is 395 cm³/mol. The molecule has 0 unspecified atom stereocenters. The van der Waals surface area contributed by atoms with Crippen molar-refractivity contribution in [3.63, 3.8) is 0 Å². The Hall–Kier alpha value is -11.7. The summed E-state index contributed by atoms with van der Waals surface area (Å²) in [6.45, 7) is 11.6. The molecule has 6 amide bonds. The summed E-state index contributed by atoms with van der Waals surface area (Å²) < 4.78 is 83.4. The summed E-state index contributed by atoms with van der Waals surface area (Å²) in [7, 11) is -7.26. The van der Waals surface area contributed by atoms with Gasteiger partial charge in [0, 0.05) is 71.6 Å². The van der Waals surface area contributed by atoms with E-state index in [9.17, 15) is 64.3 Å². The second kappa shape index (κ2) is 34.3. The average molecular weight is 1510 g/mol. The number of nitrogens with two attached hydrogens (primary N) is 3. The summed E-state index contributed by atoms with van der Waals surface area (Å²) in [5.41, 5.74) is 17.3. The van der Waals surface area contributed by atoms with Gasteiger partial charge in [-0.1, -0.05) is 36.0 Å². The Balaban J connectivity index is 1.28. The SMILES string of the molecule is CCN(CC)c1cc(Nc2nc(Nc3cc(N(CC)CC)c(OC)cc3N=Nc3sc(C=C(C(C)=O)C(=O)Nc4cccc(C(N)=O)c4)c(S(=O)(=O)O)c3C(N)=O)nc(SCc3cccc(S(=O)(=O)O)c3)n2)c(N=Nc2sc(C=C(C(C)=O)C(=O)Nc3cccc(NC=O)c3)cc2C(N)=O)cc1OC. The topological polar surface area (TPSA) is 497 Å². The molecule has 38 heteroatoms. The van der Waals surface area contributed by atoms with Crippen LogP contribution in [0.25, 0.3) is 12.2 Å². The van der Waals surface area contributed by atoms with Crippen molar-refractivity contribution in [1.82, 2.24) is 15.0 Å². The van der Waals surface area contributed by atoms with E-state index in [2.05, 4.69) is 47.0 Å². The Bertz CT molecular complexity index is 5090. The lowest BCUT2D eigenvalue weighted by Gasteiger charge is -2.25. The number of ether oxygens (including phenoxy) is 2. The van der Waals surface area contributed by atoms with E-state index in [1.807, 2.05) is 37.5 Å².